The van der Waals surface area contributed by atoms with E-state index in [4.69, 9.17) is 15.4 Å². The molecule has 1 atom stereocenters. The maximum atomic E-state index is 13.7. The second-order valence-corrected chi connectivity index (χ2v) is 7.02. The normalized spacial score (nSPS) is 13.1. The summed E-state index contributed by atoms with van der Waals surface area (Å²) in [6, 6.07) is 2.89. The molecule has 0 fully saturated rings. The molecule has 0 saturated heterocycles. The molecule has 20 heavy (non-hydrogen) atoms. The van der Waals surface area contributed by atoms with Gasteiger partial charge < -0.3 is 10.1 Å². The van der Waals surface area contributed by atoms with Crippen LogP contribution in [0, 0.1) is 5.82 Å². The Labute approximate surface area is 121 Å². The fraction of sp³-hybridized carbons (Fsp3) is 0.417. The minimum absolute atomic E-state index is 0.0674. The fourth-order valence-corrected chi connectivity index (χ4v) is 2.14. The van der Waals surface area contributed by atoms with E-state index in [1.807, 2.05) is 0 Å². The first-order chi connectivity index (χ1) is 9.11. The smallest absolute Gasteiger partial charge is 0.261 e. The van der Waals surface area contributed by atoms with E-state index in [9.17, 15) is 17.6 Å². The molecule has 0 bridgehead atoms. The largest absolute Gasteiger partial charge is 0.478 e. The van der Waals surface area contributed by atoms with E-state index < -0.39 is 26.9 Å². The van der Waals surface area contributed by atoms with Crippen molar-refractivity contribution < 1.29 is 22.3 Å². The second kappa shape index (κ2) is 6.41. The summed E-state index contributed by atoms with van der Waals surface area (Å²) in [6.45, 7) is 5.03. The number of halogens is 2. The van der Waals surface area contributed by atoms with Crippen LogP contribution in [0.2, 0.25) is 0 Å². The lowest BCUT2D eigenvalue weighted by molar-refractivity contribution is -0.127. The Morgan fingerprint density at radius 1 is 1.35 bits per heavy atom. The van der Waals surface area contributed by atoms with Crippen LogP contribution >= 0.6 is 10.7 Å². The first kappa shape index (κ1) is 16.7. The van der Waals surface area contributed by atoms with E-state index in [1.54, 1.807) is 13.8 Å². The summed E-state index contributed by atoms with van der Waals surface area (Å²) in [5, 5.41) is 2.61. The molecule has 0 radical (unpaired) electrons. The second-order valence-electron chi connectivity index (χ2n) is 4.45. The monoisotopic (exact) mass is 323 g/mol. The van der Waals surface area contributed by atoms with Gasteiger partial charge in [0.25, 0.3) is 15.0 Å². The van der Waals surface area contributed by atoms with E-state index >= 15 is 0 Å². The maximum absolute atomic E-state index is 13.7. The molecule has 0 aliphatic heterocycles. The number of hydrogen-bond donors (Lipinski definition) is 1. The van der Waals surface area contributed by atoms with Crippen LogP contribution in [0.4, 0.5) is 4.39 Å². The summed E-state index contributed by atoms with van der Waals surface area (Å²) in [4.78, 5) is 11.2. The zero-order valence-corrected chi connectivity index (χ0v) is 12.8. The van der Waals surface area contributed by atoms with Crippen LogP contribution in [-0.4, -0.2) is 26.5 Å². The number of hydrogen-bond acceptors (Lipinski definition) is 4. The maximum Gasteiger partial charge on any atom is 0.261 e. The average molecular weight is 324 g/mol. The van der Waals surface area contributed by atoms with Gasteiger partial charge in [-0.1, -0.05) is 0 Å². The summed E-state index contributed by atoms with van der Waals surface area (Å²) in [6.07, 6.45) is -0.912. The van der Waals surface area contributed by atoms with Crippen LogP contribution in [-0.2, 0) is 13.8 Å². The van der Waals surface area contributed by atoms with Gasteiger partial charge >= 0.3 is 0 Å². The molecule has 1 aromatic carbocycles. The number of carbonyl (C=O) groups is 1. The molecule has 8 heteroatoms. The number of rotatable bonds is 5. The van der Waals surface area contributed by atoms with E-state index in [2.05, 4.69) is 5.32 Å². The molecule has 112 valence electrons. The Morgan fingerprint density at radius 3 is 2.40 bits per heavy atom. The number of benzene rings is 1. The SMILES string of the molecule is CC(C)NC(=O)C(C)Oc1ccc(S(=O)(=O)Cl)cc1F. The molecule has 0 aliphatic rings. The van der Waals surface area contributed by atoms with Crippen molar-refractivity contribution in [3.8, 4) is 5.75 Å². The van der Waals surface area contributed by atoms with E-state index in [-0.39, 0.29) is 16.7 Å². The highest BCUT2D eigenvalue weighted by atomic mass is 35.7. The Kier molecular flexibility index (Phi) is 5.35. The van der Waals surface area contributed by atoms with Gasteiger partial charge in [-0.05, 0) is 39.0 Å². The van der Waals surface area contributed by atoms with Crippen LogP contribution in [0.15, 0.2) is 23.1 Å². The standard InChI is InChI=1S/C12H15ClFNO4S/c1-7(2)15-12(16)8(3)19-11-5-4-9(6-10(11)14)20(13,17)18/h4-8H,1-3H3,(H,15,16). The third-order valence-electron chi connectivity index (χ3n) is 2.29. The van der Waals surface area contributed by atoms with Crippen LogP contribution in [0.5, 0.6) is 5.75 Å². The zero-order valence-electron chi connectivity index (χ0n) is 11.2. The van der Waals surface area contributed by atoms with E-state index in [0.29, 0.717) is 0 Å². The minimum atomic E-state index is -4.01. The van der Waals surface area contributed by atoms with Crippen LogP contribution in [0.3, 0.4) is 0 Å². The van der Waals surface area contributed by atoms with Crippen molar-refractivity contribution in [2.24, 2.45) is 0 Å². The van der Waals surface area contributed by atoms with E-state index in [1.165, 1.54) is 6.92 Å². The Hall–Kier alpha value is -1.34. The van der Waals surface area contributed by atoms with Crippen LogP contribution in [0.25, 0.3) is 0 Å². The molecule has 1 N–H and O–H groups in total. The number of ether oxygens (including phenoxy) is 1. The van der Waals surface area contributed by atoms with Crippen LogP contribution < -0.4 is 10.1 Å². The van der Waals surface area contributed by atoms with Gasteiger partial charge in [0, 0.05) is 16.7 Å². The van der Waals surface area contributed by atoms with Crippen molar-refractivity contribution in [3.05, 3.63) is 24.0 Å². The van der Waals surface area contributed by atoms with Gasteiger partial charge in [-0.25, -0.2) is 12.8 Å². The summed E-state index contributed by atoms with van der Waals surface area (Å²) >= 11 is 0. The molecule has 0 spiro atoms. The number of nitrogens with one attached hydrogen (secondary N) is 1. The molecule has 0 saturated carbocycles. The van der Waals surface area contributed by atoms with Gasteiger partial charge in [-0.2, -0.15) is 0 Å². The topological polar surface area (TPSA) is 72.5 Å². The molecular formula is C12H15ClFNO4S. The summed E-state index contributed by atoms with van der Waals surface area (Å²) in [5.41, 5.74) is 0. The summed E-state index contributed by atoms with van der Waals surface area (Å²) in [5.74, 6) is -1.52. The summed E-state index contributed by atoms with van der Waals surface area (Å²) in [7, 11) is 1.09. The molecule has 1 unspecified atom stereocenters. The third-order valence-corrected chi connectivity index (χ3v) is 3.64. The Morgan fingerprint density at radius 2 is 1.95 bits per heavy atom. The highest BCUT2D eigenvalue weighted by Gasteiger charge is 2.19. The average Bonchev–Trinajstić information content (AvgIpc) is 2.29. The van der Waals surface area contributed by atoms with Gasteiger partial charge in [-0.15, -0.1) is 0 Å². The van der Waals surface area contributed by atoms with Crippen molar-refractivity contribution in [1.29, 1.82) is 0 Å². The lowest BCUT2D eigenvalue weighted by Gasteiger charge is -2.16. The van der Waals surface area contributed by atoms with Gasteiger partial charge in [0.2, 0.25) is 0 Å². The highest BCUT2D eigenvalue weighted by molar-refractivity contribution is 8.13. The lowest BCUT2D eigenvalue weighted by atomic mass is 10.3. The highest BCUT2D eigenvalue weighted by Crippen LogP contribution is 2.24. The van der Waals surface area contributed by atoms with E-state index in [0.717, 1.165) is 18.2 Å². The first-order valence-electron chi connectivity index (χ1n) is 5.82. The Bertz CT molecular complexity index is 603. The van der Waals surface area contributed by atoms with Crippen molar-refractivity contribution in [2.45, 2.75) is 37.8 Å². The van der Waals surface area contributed by atoms with Crippen molar-refractivity contribution in [1.82, 2.24) is 5.32 Å². The molecular weight excluding hydrogens is 309 g/mol. The zero-order chi connectivity index (χ0) is 15.5. The molecule has 0 heterocycles. The predicted molar refractivity (Wildman–Crippen MR) is 72.8 cm³/mol. The number of carbonyl (C=O) groups excluding carboxylic acids is 1. The predicted octanol–water partition coefficient (Wildman–Crippen LogP) is 2.05. The minimum Gasteiger partial charge on any atom is -0.478 e. The fourth-order valence-electron chi connectivity index (χ4n) is 1.37. The third kappa shape index (κ3) is 4.64. The van der Waals surface area contributed by atoms with Crippen molar-refractivity contribution in [2.75, 3.05) is 0 Å². The molecule has 0 aromatic heterocycles. The molecule has 5 nitrogen and oxygen atoms in total. The quantitative estimate of drug-likeness (QED) is 0.842. The van der Waals surface area contributed by atoms with Crippen molar-refractivity contribution in [3.63, 3.8) is 0 Å². The Balaban J connectivity index is 2.87. The van der Waals surface area contributed by atoms with Gasteiger partial charge in [0.1, 0.15) is 0 Å². The van der Waals surface area contributed by atoms with Gasteiger partial charge in [-0.3, -0.25) is 4.79 Å². The van der Waals surface area contributed by atoms with Crippen LogP contribution in [0.1, 0.15) is 20.8 Å². The molecule has 1 amide bonds. The summed E-state index contributed by atoms with van der Waals surface area (Å²) < 4.78 is 40.9. The number of amides is 1. The first-order valence-corrected chi connectivity index (χ1v) is 8.13. The molecule has 1 rings (SSSR count). The van der Waals surface area contributed by atoms with Crippen molar-refractivity contribution >= 4 is 25.6 Å². The molecule has 1 aromatic rings. The van der Waals surface area contributed by atoms with Gasteiger partial charge in [0.15, 0.2) is 17.7 Å². The van der Waals surface area contributed by atoms with Gasteiger partial charge in [0.05, 0.1) is 4.90 Å². The molecule has 0 aliphatic carbocycles. The lowest BCUT2D eigenvalue weighted by Crippen LogP contribution is -2.40.